The highest BCUT2D eigenvalue weighted by atomic mass is 19.1. The number of ether oxygens (including phenoxy) is 2. The Morgan fingerprint density at radius 2 is 1.67 bits per heavy atom. The highest BCUT2D eigenvalue weighted by Crippen LogP contribution is 2.43. The molecule has 1 aliphatic rings. The number of benzene rings is 3. The normalized spacial score (nSPS) is 16.8. The number of esters is 1. The van der Waals surface area contributed by atoms with E-state index in [9.17, 15) is 14.0 Å². The van der Waals surface area contributed by atoms with Crippen LogP contribution in [0.4, 0.5) is 10.1 Å². The number of para-hydroxylation sites is 1. The van der Waals surface area contributed by atoms with Crippen LogP contribution in [0.1, 0.15) is 62.0 Å². The van der Waals surface area contributed by atoms with E-state index in [1.807, 2.05) is 67.6 Å². The van der Waals surface area contributed by atoms with Crippen molar-refractivity contribution in [1.82, 2.24) is 4.57 Å². The van der Waals surface area contributed by atoms with Gasteiger partial charge in [0.25, 0.3) is 5.91 Å². The standard InChI is InChI=1S/C35H37FN2O4/c1-4-41-29-21-28(42-30(39)22-29)19-20-38-33(23(2)3)32(35(40)37-27-13-9-6-10-14-27)31(24-11-7-5-8-12-24)34(38)25-15-17-26(36)18-16-25/h5-18,23,28-29H,4,19-22H2,1-3H3,(H,37,40)/t28-,29-/m1/s1. The first kappa shape index (κ1) is 29.3. The van der Waals surface area contributed by atoms with Crippen LogP contribution in [-0.2, 0) is 20.8 Å². The van der Waals surface area contributed by atoms with Crippen LogP contribution in [0, 0.1) is 5.82 Å². The predicted molar refractivity (Wildman–Crippen MR) is 163 cm³/mol. The van der Waals surface area contributed by atoms with E-state index in [-0.39, 0.29) is 42.2 Å². The van der Waals surface area contributed by atoms with E-state index >= 15 is 0 Å². The fourth-order valence-corrected chi connectivity index (χ4v) is 5.87. The topological polar surface area (TPSA) is 69.6 Å². The number of halogens is 1. The predicted octanol–water partition coefficient (Wildman–Crippen LogP) is 7.84. The molecule has 42 heavy (non-hydrogen) atoms. The number of amides is 1. The van der Waals surface area contributed by atoms with Gasteiger partial charge in [0, 0.05) is 42.9 Å². The Bertz CT molecular complexity index is 1510. The molecule has 1 amide bonds. The van der Waals surface area contributed by atoms with Crippen LogP contribution in [0.15, 0.2) is 84.9 Å². The first-order valence-corrected chi connectivity index (χ1v) is 14.6. The first-order chi connectivity index (χ1) is 20.4. The smallest absolute Gasteiger partial charge is 0.308 e. The lowest BCUT2D eigenvalue weighted by molar-refractivity contribution is -0.163. The van der Waals surface area contributed by atoms with Gasteiger partial charge < -0.3 is 19.4 Å². The number of cyclic esters (lactones) is 1. The molecular formula is C35H37FN2O4. The van der Waals surface area contributed by atoms with Crippen molar-refractivity contribution in [1.29, 1.82) is 0 Å². The van der Waals surface area contributed by atoms with Crippen molar-refractivity contribution in [3.05, 3.63) is 102 Å². The van der Waals surface area contributed by atoms with Crippen LogP contribution in [0.3, 0.4) is 0 Å². The maximum Gasteiger partial charge on any atom is 0.308 e. The Morgan fingerprint density at radius 3 is 2.31 bits per heavy atom. The lowest BCUT2D eigenvalue weighted by Gasteiger charge is -2.29. The summed E-state index contributed by atoms with van der Waals surface area (Å²) in [5.41, 5.74) is 5.43. The SMILES string of the molecule is CCO[C@H]1CC(=O)O[C@H](CCn2c(-c3ccc(F)cc3)c(-c3ccccc3)c(C(=O)Nc3ccccc3)c2C(C)C)C1. The average molecular weight is 569 g/mol. The van der Waals surface area contributed by atoms with Crippen LogP contribution in [0.25, 0.3) is 22.4 Å². The highest BCUT2D eigenvalue weighted by molar-refractivity contribution is 6.12. The van der Waals surface area contributed by atoms with Gasteiger partial charge in [-0.25, -0.2) is 4.39 Å². The van der Waals surface area contributed by atoms with Gasteiger partial charge in [-0.3, -0.25) is 9.59 Å². The molecule has 2 atom stereocenters. The van der Waals surface area contributed by atoms with Crippen molar-refractivity contribution in [2.75, 3.05) is 11.9 Å². The maximum atomic E-state index is 14.2. The van der Waals surface area contributed by atoms with Gasteiger partial charge in [0.2, 0.25) is 0 Å². The number of anilines is 1. The number of aromatic nitrogens is 1. The third-order valence-corrected chi connectivity index (χ3v) is 7.58. The fourth-order valence-electron chi connectivity index (χ4n) is 5.87. The zero-order chi connectivity index (χ0) is 29.6. The molecule has 0 aliphatic carbocycles. The maximum absolute atomic E-state index is 14.2. The summed E-state index contributed by atoms with van der Waals surface area (Å²) in [6.07, 6.45) is 0.948. The van der Waals surface area contributed by atoms with Gasteiger partial charge in [0.05, 0.1) is 23.8 Å². The van der Waals surface area contributed by atoms with E-state index in [1.165, 1.54) is 12.1 Å². The third kappa shape index (κ3) is 6.47. The minimum atomic E-state index is -0.333. The Hall–Kier alpha value is -4.23. The summed E-state index contributed by atoms with van der Waals surface area (Å²) in [6.45, 7) is 7.09. The summed E-state index contributed by atoms with van der Waals surface area (Å²) in [6, 6.07) is 25.6. The Kier molecular flexibility index (Phi) is 9.18. The Balaban J connectivity index is 1.67. The molecule has 6 nitrogen and oxygen atoms in total. The van der Waals surface area contributed by atoms with Crippen LogP contribution in [0.2, 0.25) is 0 Å². The monoisotopic (exact) mass is 568 g/mol. The van der Waals surface area contributed by atoms with E-state index in [0.29, 0.717) is 37.2 Å². The van der Waals surface area contributed by atoms with Crippen molar-refractivity contribution in [3.63, 3.8) is 0 Å². The summed E-state index contributed by atoms with van der Waals surface area (Å²) in [5, 5.41) is 3.10. The number of nitrogens with zero attached hydrogens (tertiary/aromatic N) is 1. The minimum absolute atomic E-state index is 0.0248. The molecule has 0 radical (unpaired) electrons. The van der Waals surface area contributed by atoms with Gasteiger partial charge in [-0.1, -0.05) is 62.4 Å². The van der Waals surface area contributed by atoms with E-state index < -0.39 is 0 Å². The molecule has 5 rings (SSSR count). The van der Waals surface area contributed by atoms with Crippen molar-refractivity contribution < 1.29 is 23.5 Å². The second-order valence-electron chi connectivity index (χ2n) is 10.9. The second-order valence-corrected chi connectivity index (χ2v) is 10.9. The molecule has 3 aromatic carbocycles. The zero-order valence-electron chi connectivity index (χ0n) is 24.3. The van der Waals surface area contributed by atoms with E-state index in [0.717, 1.165) is 28.1 Å². The molecule has 1 saturated heterocycles. The first-order valence-electron chi connectivity index (χ1n) is 14.6. The van der Waals surface area contributed by atoms with E-state index in [1.54, 1.807) is 12.1 Å². The molecule has 4 aromatic rings. The van der Waals surface area contributed by atoms with Gasteiger partial charge in [-0.2, -0.15) is 0 Å². The summed E-state index contributed by atoms with van der Waals surface area (Å²) < 4.78 is 27.8. The van der Waals surface area contributed by atoms with Crippen LogP contribution >= 0.6 is 0 Å². The minimum Gasteiger partial charge on any atom is -0.462 e. The molecule has 7 heteroatoms. The molecule has 0 saturated carbocycles. The lowest BCUT2D eigenvalue weighted by atomic mass is 9.94. The molecule has 218 valence electrons. The average Bonchev–Trinajstić information content (AvgIpc) is 3.33. The number of carbonyl (C=O) groups is 2. The molecule has 1 N–H and O–H groups in total. The number of hydrogen-bond acceptors (Lipinski definition) is 4. The van der Waals surface area contributed by atoms with Crippen molar-refractivity contribution in [2.45, 2.75) is 64.7 Å². The summed E-state index contributed by atoms with van der Waals surface area (Å²) >= 11 is 0. The summed E-state index contributed by atoms with van der Waals surface area (Å²) in [5.74, 6) is -0.831. The molecular weight excluding hydrogens is 531 g/mol. The van der Waals surface area contributed by atoms with E-state index in [4.69, 9.17) is 9.47 Å². The zero-order valence-corrected chi connectivity index (χ0v) is 24.3. The number of nitrogens with one attached hydrogen (secondary N) is 1. The van der Waals surface area contributed by atoms with Gasteiger partial charge in [-0.05, 0) is 60.4 Å². The summed E-state index contributed by atoms with van der Waals surface area (Å²) in [7, 11) is 0. The largest absolute Gasteiger partial charge is 0.462 e. The quantitative estimate of drug-likeness (QED) is 0.198. The van der Waals surface area contributed by atoms with Crippen LogP contribution in [0.5, 0.6) is 0 Å². The number of carbonyl (C=O) groups excluding carboxylic acids is 2. The van der Waals surface area contributed by atoms with Crippen molar-refractivity contribution in [2.24, 2.45) is 0 Å². The summed E-state index contributed by atoms with van der Waals surface area (Å²) in [4.78, 5) is 26.6. The molecule has 1 aromatic heterocycles. The molecule has 0 bridgehead atoms. The number of hydrogen-bond donors (Lipinski definition) is 1. The van der Waals surface area contributed by atoms with Crippen molar-refractivity contribution in [3.8, 4) is 22.4 Å². The third-order valence-electron chi connectivity index (χ3n) is 7.58. The van der Waals surface area contributed by atoms with Crippen LogP contribution < -0.4 is 5.32 Å². The lowest BCUT2D eigenvalue weighted by Crippen LogP contribution is -2.35. The molecule has 2 heterocycles. The second kappa shape index (κ2) is 13.2. The molecule has 0 spiro atoms. The molecule has 1 aliphatic heterocycles. The molecule has 1 fully saturated rings. The van der Waals surface area contributed by atoms with Gasteiger partial charge in [0.1, 0.15) is 11.9 Å². The van der Waals surface area contributed by atoms with Gasteiger partial charge in [-0.15, -0.1) is 0 Å². The van der Waals surface area contributed by atoms with Gasteiger partial charge >= 0.3 is 5.97 Å². The molecule has 0 unspecified atom stereocenters. The highest BCUT2D eigenvalue weighted by Gasteiger charge is 2.33. The van der Waals surface area contributed by atoms with Crippen molar-refractivity contribution >= 4 is 17.6 Å². The Labute approximate surface area is 246 Å². The van der Waals surface area contributed by atoms with Gasteiger partial charge in [0.15, 0.2) is 0 Å². The van der Waals surface area contributed by atoms with E-state index in [2.05, 4.69) is 23.7 Å². The fraction of sp³-hybridized carbons (Fsp3) is 0.314. The number of rotatable bonds is 10. The Morgan fingerprint density at radius 1 is 1.00 bits per heavy atom. The van der Waals surface area contributed by atoms with Crippen LogP contribution in [-0.4, -0.2) is 35.3 Å².